The predicted octanol–water partition coefficient (Wildman–Crippen LogP) is 2.73. The molecule has 0 bridgehead atoms. The Hall–Kier alpha value is -2.65. The maximum atomic E-state index is 12.2. The first kappa shape index (κ1) is 24.0. The largest absolute Gasteiger partial charge is 0.452 e. The number of halogens is 1. The number of ether oxygens (including phenoxy) is 1. The van der Waals surface area contributed by atoms with E-state index in [4.69, 9.17) is 16.3 Å². The molecule has 1 fully saturated rings. The van der Waals surface area contributed by atoms with E-state index in [1.807, 2.05) is 31.2 Å². The minimum Gasteiger partial charge on any atom is -0.452 e. The molecule has 2 heterocycles. The molecule has 1 aromatic carbocycles. The van der Waals surface area contributed by atoms with Crippen LogP contribution in [-0.4, -0.2) is 60.1 Å². The van der Waals surface area contributed by atoms with Gasteiger partial charge in [0.05, 0.1) is 23.2 Å². The van der Waals surface area contributed by atoms with E-state index in [2.05, 4.69) is 5.10 Å². The molecule has 172 valence electrons. The third-order valence-corrected chi connectivity index (χ3v) is 7.44. The van der Waals surface area contributed by atoms with Gasteiger partial charge in [0.25, 0.3) is 5.91 Å². The summed E-state index contributed by atoms with van der Waals surface area (Å²) in [6.07, 6.45) is 3.10. The lowest BCUT2D eigenvalue weighted by Gasteiger charge is -2.17. The van der Waals surface area contributed by atoms with Gasteiger partial charge in [0, 0.05) is 25.2 Å². The highest BCUT2D eigenvalue weighted by molar-refractivity contribution is 7.91. The quantitative estimate of drug-likeness (QED) is 0.447. The van der Waals surface area contributed by atoms with Gasteiger partial charge in [-0.05, 0) is 31.9 Å². The Balaban J connectivity index is 1.55. The second-order valence-electron chi connectivity index (χ2n) is 7.97. The number of carbonyl (C=O) groups is 2. The standard InChI is InChI=1S/C22H26ClN3O5S/c1-15-4-6-17(7-5-15)12-25(3)20(27)13-31-21(28)9-8-19-16(2)24-26(22(19)23)18-10-11-32(29,30)14-18/h4-9,18H,10-14H2,1-3H3/b9-8+. The topological polar surface area (TPSA) is 98.6 Å². The number of nitrogens with zero attached hydrogens (tertiary/aromatic N) is 3. The molecule has 3 rings (SSSR count). The summed E-state index contributed by atoms with van der Waals surface area (Å²) in [4.78, 5) is 25.8. The Morgan fingerprint density at radius 1 is 1.28 bits per heavy atom. The summed E-state index contributed by atoms with van der Waals surface area (Å²) in [5, 5.41) is 4.60. The van der Waals surface area contributed by atoms with Crippen LogP contribution in [-0.2, 0) is 30.7 Å². The van der Waals surface area contributed by atoms with Crippen LogP contribution in [0, 0.1) is 13.8 Å². The Morgan fingerprint density at radius 2 is 1.97 bits per heavy atom. The van der Waals surface area contributed by atoms with Gasteiger partial charge in [0.15, 0.2) is 16.4 Å². The molecule has 0 radical (unpaired) electrons. The van der Waals surface area contributed by atoms with Crippen molar-refractivity contribution in [3.8, 4) is 0 Å². The van der Waals surface area contributed by atoms with E-state index in [1.54, 1.807) is 14.0 Å². The molecule has 1 amide bonds. The van der Waals surface area contributed by atoms with Crippen molar-refractivity contribution in [3.05, 3.63) is 57.9 Å². The summed E-state index contributed by atoms with van der Waals surface area (Å²) in [6, 6.07) is 7.52. The Morgan fingerprint density at radius 3 is 2.59 bits per heavy atom. The summed E-state index contributed by atoms with van der Waals surface area (Å²) in [5.41, 5.74) is 3.19. The molecule has 0 aliphatic carbocycles. The monoisotopic (exact) mass is 479 g/mol. The highest BCUT2D eigenvalue weighted by Gasteiger charge is 2.31. The molecule has 10 heteroatoms. The number of aromatic nitrogens is 2. The van der Waals surface area contributed by atoms with Crippen LogP contribution in [0.4, 0.5) is 0 Å². The molecule has 1 unspecified atom stereocenters. The van der Waals surface area contributed by atoms with Gasteiger partial charge >= 0.3 is 5.97 Å². The zero-order valence-electron chi connectivity index (χ0n) is 18.2. The number of amides is 1. The normalized spacial score (nSPS) is 17.6. The maximum absolute atomic E-state index is 12.2. The molecule has 0 spiro atoms. The zero-order chi connectivity index (χ0) is 23.5. The van der Waals surface area contributed by atoms with Crippen molar-refractivity contribution < 1.29 is 22.7 Å². The average molecular weight is 480 g/mol. The molecule has 1 aromatic heterocycles. The van der Waals surface area contributed by atoms with E-state index in [0.717, 1.165) is 11.1 Å². The summed E-state index contributed by atoms with van der Waals surface area (Å²) < 4.78 is 30.0. The summed E-state index contributed by atoms with van der Waals surface area (Å²) in [6.45, 7) is 3.75. The van der Waals surface area contributed by atoms with Crippen LogP contribution in [0.1, 0.15) is 34.8 Å². The number of carbonyl (C=O) groups excluding carboxylic acids is 2. The third-order valence-electron chi connectivity index (χ3n) is 5.32. The molecule has 2 aromatic rings. The highest BCUT2D eigenvalue weighted by atomic mass is 35.5. The van der Waals surface area contributed by atoms with E-state index in [1.165, 1.54) is 21.7 Å². The van der Waals surface area contributed by atoms with Crippen molar-refractivity contribution in [2.75, 3.05) is 25.2 Å². The average Bonchev–Trinajstić information content (AvgIpc) is 3.24. The molecule has 1 aliphatic heterocycles. The number of hydrogen-bond acceptors (Lipinski definition) is 6. The molecular formula is C22H26ClN3O5S. The minimum atomic E-state index is -3.08. The number of benzene rings is 1. The minimum absolute atomic E-state index is 0.00272. The van der Waals surface area contributed by atoms with Crippen LogP contribution >= 0.6 is 11.6 Å². The fourth-order valence-corrected chi connectivity index (χ4v) is 5.50. The molecule has 1 aliphatic rings. The Bertz CT molecular complexity index is 1140. The second-order valence-corrected chi connectivity index (χ2v) is 10.6. The number of likely N-dealkylation sites (N-methyl/N-ethyl adjacent to an activating group) is 1. The van der Waals surface area contributed by atoms with Crippen molar-refractivity contribution in [1.29, 1.82) is 0 Å². The van der Waals surface area contributed by atoms with E-state index in [0.29, 0.717) is 24.2 Å². The fourth-order valence-electron chi connectivity index (χ4n) is 3.43. The van der Waals surface area contributed by atoms with E-state index >= 15 is 0 Å². The number of esters is 1. The van der Waals surface area contributed by atoms with Crippen molar-refractivity contribution in [1.82, 2.24) is 14.7 Å². The number of rotatable bonds is 7. The molecule has 1 saturated heterocycles. The lowest BCUT2D eigenvalue weighted by atomic mass is 10.1. The summed E-state index contributed by atoms with van der Waals surface area (Å²) in [5.74, 6) is -0.904. The lowest BCUT2D eigenvalue weighted by Crippen LogP contribution is -2.30. The van der Waals surface area contributed by atoms with Gasteiger partial charge in [-0.1, -0.05) is 41.4 Å². The highest BCUT2D eigenvalue weighted by Crippen LogP contribution is 2.30. The van der Waals surface area contributed by atoms with E-state index in [9.17, 15) is 18.0 Å². The van der Waals surface area contributed by atoms with E-state index < -0.39 is 15.8 Å². The van der Waals surface area contributed by atoms with Crippen LogP contribution in [0.15, 0.2) is 30.3 Å². The zero-order valence-corrected chi connectivity index (χ0v) is 19.8. The molecular weight excluding hydrogens is 454 g/mol. The third kappa shape index (κ3) is 5.98. The van der Waals surface area contributed by atoms with Gasteiger partial charge in [0.2, 0.25) is 0 Å². The molecule has 0 N–H and O–H groups in total. The first-order valence-electron chi connectivity index (χ1n) is 10.1. The van der Waals surface area contributed by atoms with Crippen LogP contribution in [0.2, 0.25) is 5.15 Å². The van der Waals surface area contributed by atoms with Gasteiger partial charge in [-0.25, -0.2) is 17.9 Å². The fraction of sp³-hybridized carbons (Fsp3) is 0.409. The molecule has 1 atom stereocenters. The summed E-state index contributed by atoms with van der Waals surface area (Å²) in [7, 11) is -1.44. The van der Waals surface area contributed by atoms with Crippen molar-refractivity contribution >= 4 is 39.4 Å². The maximum Gasteiger partial charge on any atom is 0.331 e. The van der Waals surface area contributed by atoms with E-state index in [-0.39, 0.29) is 35.2 Å². The summed E-state index contributed by atoms with van der Waals surface area (Å²) >= 11 is 6.38. The van der Waals surface area contributed by atoms with Crippen LogP contribution in [0.5, 0.6) is 0 Å². The van der Waals surface area contributed by atoms with Gasteiger partial charge in [-0.2, -0.15) is 5.10 Å². The number of hydrogen-bond donors (Lipinski definition) is 0. The first-order chi connectivity index (χ1) is 15.1. The number of sulfone groups is 1. The predicted molar refractivity (Wildman–Crippen MR) is 122 cm³/mol. The van der Waals surface area contributed by atoms with Gasteiger partial charge < -0.3 is 9.64 Å². The van der Waals surface area contributed by atoms with Gasteiger partial charge in [-0.3, -0.25) is 4.79 Å². The SMILES string of the molecule is Cc1ccc(CN(C)C(=O)COC(=O)/C=C/c2c(C)nn(C3CCS(=O)(=O)C3)c2Cl)cc1. The smallest absolute Gasteiger partial charge is 0.331 e. The second kappa shape index (κ2) is 9.87. The van der Waals surface area contributed by atoms with Crippen molar-refractivity contribution in [2.45, 2.75) is 32.9 Å². The molecule has 0 saturated carbocycles. The Kier molecular flexibility index (Phi) is 7.40. The first-order valence-corrected chi connectivity index (χ1v) is 12.3. The van der Waals surface area contributed by atoms with Crippen molar-refractivity contribution in [2.24, 2.45) is 0 Å². The lowest BCUT2D eigenvalue weighted by molar-refractivity contribution is -0.147. The van der Waals surface area contributed by atoms with Crippen LogP contribution in [0.3, 0.4) is 0 Å². The van der Waals surface area contributed by atoms with Crippen LogP contribution in [0.25, 0.3) is 6.08 Å². The Labute approximate surface area is 192 Å². The van der Waals surface area contributed by atoms with Crippen LogP contribution < -0.4 is 0 Å². The van der Waals surface area contributed by atoms with Gasteiger partial charge in [0.1, 0.15) is 5.15 Å². The molecule has 8 nitrogen and oxygen atoms in total. The van der Waals surface area contributed by atoms with Crippen molar-refractivity contribution in [3.63, 3.8) is 0 Å². The molecule has 32 heavy (non-hydrogen) atoms. The van der Waals surface area contributed by atoms with Gasteiger partial charge in [-0.15, -0.1) is 0 Å². The number of aryl methyl sites for hydroxylation is 2.